The van der Waals surface area contributed by atoms with Gasteiger partial charge in [0.15, 0.2) is 10.9 Å². The van der Waals surface area contributed by atoms with Gasteiger partial charge in [0.05, 0.1) is 29.3 Å². The highest BCUT2D eigenvalue weighted by Crippen LogP contribution is 2.28. The molecule has 2 N–H and O–H groups in total. The lowest BCUT2D eigenvalue weighted by molar-refractivity contribution is 0.0602. The number of hydrogen-bond donors (Lipinski definition) is 2. The summed E-state index contributed by atoms with van der Waals surface area (Å²) < 4.78 is 6.55. The number of carbonyl (C=O) groups is 1. The van der Waals surface area contributed by atoms with Crippen LogP contribution >= 0.6 is 46.8 Å². The molecule has 0 bridgehead atoms. The number of hydrogen-bond acceptors (Lipinski definition) is 5. The number of methoxy groups -OCH3 is 1. The molecule has 3 rings (SSSR count). The van der Waals surface area contributed by atoms with Gasteiger partial charge in [-0.3, -0.25) is 4.68 Å². The van der Waals surface area contributed by atoms with Crippen LogP contribution in [0.3, 0.4) is 0 Å². The predicted octanol–water partition coefficient (Wildman–Crippen LogP) is 5.20. The van der Waals surface area contributed by atoms with Crippen molar-refractivity contribution in [3.05, 3.63) is 62.6 Å². The Kier molecular flexibility index (Phi) is 6.56. The van der Waals surface area contributed by atoms with E-state index in [4.69, 9.17) is 40.2 Å². The Morgan fingerprint density at radius 3 is 2.75 bits per heavy atom. The van der Waals surface area contributed by atoms with Crippen LogP contribution in [0.2, 0.25) is 10.0 Å². The second-order valence-corrected chi connectivity index (χ2v) is 8.30. The molecule has 10 heteroatoms. The molecule has 2 heterocycles. The highest BCUT2D eigenvalue weighted by Gasteiger charge is 2.16. The Labute approximate surface area is 181 Å². The first-order valence-corrected chi connectivity index (χ1v) is 10.1. The van der Waals surface area contributed by atoms with E-state index in [1.54, 1.807) is 28.9 Å². The molecular weight excluding hydrogens is 439 g/mol. The number of carbonyl (C=O) groups excluding carboxylic acids is 1. The Bertz CT molecular complexity index is 1030. The number of benzene rings is 1. The minimum atomic E-state index is -0.416. The zero-order valence-corrected chi connectivity index (χ0v) is 18.1. The number of aromatic nitrogens is 2. The second-order valence-electron chi connectivity index (χ2n) is 5.82. The van der Waals surface area contributed by atoms with Crippen molar-refractivity contribution in [1.29, 1.82) is 0 Å². The molecule has 0 saturated heterocycles. The van der Waals surface area contributed by atoms with Crippen LogP contribution in [0.1, 0.15) is 20.8 Å². The van der Waals surface area contributed by atoms with Crippen LogP contribution in [-0.2, 0) is 11.3 Å². The Balaban J connectivity index is 1.64. The number of halogens is 2. The molecule has 0 spiro atoms. The van der Waals surface area contributed by atoms with Gasteiger partial charge in [-0.15, -0.1) is 11.3 Å². The Morgan fingerprint density at radius 2 is 2.04 bits per heavy atom. The van der Waals surface area contributed by atoms with E-state index in [9.17, 15) is 4.79 Å². The zero-order chi connectivity index (χ0) is 20.3. The number of anilines is 2. The smallest absolute Gasteiger partial charge is 0.340 e. The summed E-state index contributed by atoms with van der Waals surface area (Å²) in [6, 6.07) is 9.00. The molecule has 0 aliphatic heterocycles. The number of aryl methyl sites for hydroxylation is 1. The molecule has 2 aromatic heterocycles. The van der Waals surface area contributed by atoms with Crippen molar-refractivity contribution in [2.45, 2.75) is 13.5 Å². The van der Waals surface area contributed by atoms with E-state index in [0.29, 0.717) is 38.1 Å². The van der Waals surface area contributed by atoms with Gasteiger partial charge in [-0.05, 0) is 42.9 Å². The van der Waals surface area contributed by atoms with Crippen molar-refractivity contribution in [3.63, 3.8) is 0 Å². The summed E-state index contributed by atoms with van der Waals surface area (Å²) in [6.07, 6.45) is 1.82. The number of esters is 1. The standard InChI is InChI=1S/C18H16Cl2N4O2S2/c1-10-7-12(17(25)26-2)16(28-10)22-18(27)21-15-5-6-24(23-15)9-11-3-4-13(19)14(20)8-11/h3-8H,9H2,1-2H3,(H2,21,22,23,27). The molecule has 0 aliphatic carbocycles. The van der Waals surface area contributed by atoms with Gasteiger partial charge in [0.2, 0.25) is 0 Å². The molecule has 1 aromatic carbocycles. The summed E-state index contributed by atoms with van der Waals surface area (Å²) in [5.74, 6) is 0.158. The van der Waals surface area contributed by atoms with Crippen LogP contribution in [0, 0.1) is 6.92 Å². The van der Waals surface area contributed by atoms with Gasteiger partial charge in [-0.1, -0.05) is 29.3 Å². The van der Waals surface area contributed by atoms with E-state index in [-0.39, 0.29) is 0 Å². The van der Waals surface area contributed by atoms with Crippen molar-refractivity contribution in [2.24, 2.45) is 0 Å². The van der Waals surface area contributed by atoms with Crippen LogP contribution in [0.4, 0.5) is 10.8 Å². The largest absolute Gasteiger partial charge is 0.465 e. The molecule has 3 aromatic rings. The summed E-state index contributed by atoms with van der Waals surface area (Å²) in [5, 5.41) is 12.4. The lowest BCUT2D eigenvalue weighted by Gasteiger charge is -2.08. The summed E-state index contributed by atoms with van der Waals surface area (Å²) in [4.78, 5) is 12.8. The lowest BCUT2D eigenvalue weighted by Crippen LogP contribution is -2.20. The van der Waals surface area contributed by atoms with Gasteiger partial charge in [-0.25, -0.2) is 4.79 Å². The van der Waals surface area contributed by atoms with E-state index in [2.05, 4.69) is 15.7 Å². The molecule has 6 nitrogen and oxygen atoms in total. The SMILES string of the molecule is COC(=O)c1cc(C)sc1NC(=S)Nc1ccn(Cc2ccc(Cl)c(Cl)c2)n1. The topological polar surface area (TPSA) is 68.2 Å². The van der Waals surface area contributed by atoms with E-state index in [0.717, 1.165) is 10.4 Å². The minimum Gasteiger partial charge on any atom is -0.465 e. The quantitative estimate of drug-likeness (QED) is 0.407. The van der Waals surface area contributed by atoms with E-state index in [1.165, 1.54) is 18.4 Å². The van der Waals surface area contributed by atoms with Crippen molar-refractivity contribution in [1.82, 2.24) is 9.78 Å². The van der Waals surface area contributed by atoms with Crippen molar-refractivity contribution in [2.75, 3.05) is 17.7 Å². The number of thiophene rings is 1. The summed E-state index contributed by atoms with van der Waals surface area (Å²) in [6.45, 7) is 2.44. The lowest BCUT2D eigenvalue weighted by atomic mass is 10.2. The van der Waals surface area contributed by atoms with Gasteiger partial charge >= 0.3 is 5.97 Å². The molecule has 28 heavy (non-hydrogen) atoms. The number of nitrogens with zero attached hydrogens (tertiary/aromatic N) is 2. The fraction of sp³-hybridized carbons (Fsp3) is 0.167. The van der Waals surface area contributed by atoms with Gasteiger partial charge in [0, 0.05) is 17.1 Å². The monoisotopic (exact) mass is 454 g/mol. The highest BCUT2D eigenvalue weighted by molar-refractivity contribution is 7.80. The van der Waals surface area contributed by atoms with E-state index < -0.39 is 5.97 Å². The molecule has 0 fully saturated rings. The van der Waals surface area contributed by atoms with Crippen molar-refractivity contribution < 1.29 is 9.53 Å². The highest BCUT2D eigenvalue weighted by atomic mass is 35.5. The van der Waals surface area contributed by atoms with Gasteiger partial charge < -0.3 is 15.4 Å². The summed E-state index contributed by atoms with van der Waals surface area (Å²) in [5.41, 5.74) is 1.42. The Morgan fingerprint density at radius 1 is 1.25 bits per heavy atom. The van der Waals surface area contributed by atoms with Crippen LogP contribution < -0.4 is 10.6 Å². The number of thiocarbonyl (C=S) groups is 1. The summed E-state index contributed by atoms with van der Waals surface area (Å²) >= 11 is 18.7. The number of rotatable bonds is 5. The first-order chi connectivity index (χ1) is 13.4. The normalized spacial score (nSPS) is 10.6. The predicted molar refractivity (Wildman–Crippen MR) is 118 cm³/mol. The minimum absolute atomic E-state index is 0.326. The third-order valence-corrected chi connectivity index (χ3v) is 5.61. The molecule has 0 unspecified atom stereocenters. The molecular formula is C18H16Cl2N4O2S2. The van der Waals surface area contributed by atoms with Gasteiger partial charge in [0.1, 0.15) is 5.00 Å². The van der Waals surface area contributed by atoms with Crippen molar-refractivity contribution >= 4 is 68.7 Å². The molecule has 0 saturated carbocycles. The number of nitrogens with one attached hydrogen (secondary N) is 2. The number of ether oxygens (including phenoxy) is 1. The molecule has 0 aliphatic rings. The third-order valence-electron chi connectivity index (χ3n) is 3.70. The average Bonchev–Trinajstić information content (AvgIpc) is 3.23. The van der Waals surface area contributed by atoms with Gasteiger partial charge in [-0.2, -0.15) is 5.10 Å². The van der Waals surface area contributed by atoms with Crippen LogP contribution in [0.25, 0.3) is 0 Å². The third kappa shape index (κ3) is 5.02. The molecule has 0 atom stereocenters. The van der Waals surface area contributed by atoms with Crippen molar-refractivity contribution in [3.8, 4) is 0 Å². The van der Waals surface area contributed by atoms with Crippen LogP contribution in [-0.4, -0.2) is 28.0 Å². The van der Waals surface area contributed by atoms with Crippen LogP contribution in [0.5, 0.6) is 0 Å². The first kappa shape index (κ1) is 20.6. The second kappa shape index (κ2) is 8.91. The fourth-order valence-electron chi connectivity index (χ4n) is 2.46. The Hall–Kier alpha value is -2.13. The maximum Gasteiger partial charge on any atom is 0.340 e. The molecule has 146 valence electrons. The first-order valence-electron chi connectivity index (χ1n) is 8.10. The maximum atomic E-state index is 11.9. The van der Waals surface area contributed by atoms with Crippen LogP contribution in [0.15, 0.2) is 36.5 Å². The molecule has 0 amide bonds. The van der Waals surface area contributed by atoms with E-state index >= 15 is 0 Å². The zero-order valence-electron chi connectivity index (χ0n) is 15.0. The fourth-order valence-corrected chi connectivity index (χ4v) is 3.96. The maximum absolute atomic E-state index is 11.9. The summed E-state index contributed by atoms with van der Waals surface area (Å²) in [7, 11) is 1.34. The van der Waals surface area contributed by atoms with Gasteiger partial charge in [0.25, 0.3) is 0 Å². The molecule has 0 radical (unpaired) electrons. The van der Waals surface area contributed by atoms with E-state index in [1.807, 2.05) is 19.2 Å². The average molecular weight is 455 g/mol.